The number of hydrogen-bond acceptors (Lipinski definition) is 5. The average Bonchev–Trinajstić information content (AvgIpc) is 2.54. The Morgan fingerprint density at radius 1 is 1.17 bits per heavy atom. The second-order valence-electron chi connectivity index (χ2n) is 5.37. The van der Waals surface area contributed by atoms with E-state index in [9.17, 15) is 13.2 Å². The average molecular weight is 357 g/mol. The minimum absolute atomic E-state index is 0.0680. The Bertz CT molecular complexity index is 632. The highest BCUT2D eigenvalue weighted by atomic mass is 32.2. The number of methoxy groups -OCH3 is 1. The minimum atomic E-state index is -3.66. The highest BCUT2D eigenvalue weighted by Crippen LogP contribution is 2.15. The molecule has 0 atom stereocenters. The van der Waals surface area contributed by atoms with Crippen molar-refractivity contribution in [2.24, 2.45) is 0 Å². The Labute approximate surface area is 144 Å². The first-order valence-corrected chi connectivity index (χ1v) is 9.49. The van der Waals surface area contributed by atoms with Crippen LogP contribution in [0.1, 0.15) is 29.3 Å². The lowest BCUT2D eigenvalue weighted by Gasteiger charge is -2.11. The van der Waals surface area contributed by atoms with Gasteiger partial charge in [0.15, 0.2) is 0 Å². The Morgan fingerprint density at radius 2 is 1.92 bits per heavy atom. The molecule has 0 bridgehead atoms. The van der Waals surface area contributed by atoms with Crippen LogP contribution in [0, 0.1) is 6.92 Å². The predicted octanol–water partition coefficient (Wildman–Crippen LogP) is 0.649. The van der Waals surface area contributed by atoms with Gasteiger partial charge in [-0.2, -0.15) is 0 Å². The normalized spacial score (nSPS) is 11.5. The Hall–Kier alpha value is -1.48. The maximum Gasteiger partial charge on any atom is 0.251 e. The number of carbonyl (C=O) groups is 1. The van der Waals surface area contributed by atoms with Gasteiger partial charge in [-0.05, 0) is 37.6 Å². The molecule has 0 aromatic heterocycles. The van der Waals surface area contributed by atoms with E-state index in [4.69, 9.17) is 4.74 Å². The summed E-state index contributed by atoms with van der Waals surface area (Å²) >= 11 is 0. The summed E-state index contributed by atoms with van der Waals surface area (Å²) in [5.41, 5.74) is 1.09. The van der Waals surface area contributed by atoms with E-state index in [1.54, 1.807) is 13.0 Å². The second-order valence-corrected chi connectivity index (χ2v) is 7.14. The van der Waals surface area contributed by atoms with Gasteiger partial charge in [0.05, 0.1) is 11.5 Å². The van der Waals surface area contributed by atoms with Crippen LogP contribution in [0.2, 0.25) is 0 Å². The lowest BCUT2D eigenvalue weighted by Crippen LogP contribution is -2.32. The van der Waals surface area contributed by atoms with E-state index in [1.165, 1.54) is 19.2 Å². The Morgan fingerprint density at radius 3 is 2.58 bits per heavy atom. The second kappa shape index (κ2) is 10.4. The smallest absolute Gasteiger partial charge is 0.251 e. The van der Waals surface area contributed by atoms with Crippen LogP contribution in [0.3, 0.4) is 0 Å². The zero-order chi connectivity index (χ0) is 18.0. The molecule has 1 aromatic rings. The van der Waals surface area contributed by atoms with E-state index in [0.29, 0.717) is 18.7 Å². The number of sulfonamides is 1. The van der Waals surface area contributed by atoms with Gasteiger partial charge < -0.3 is 15.4 Å². The van der Waals surface area contributed by atoms with Crippen molar-refractivity contribution >= 4 is 15.9 Å². The summed E-state index contributed by atoms with van der Waals surface area (Å²) in [6, 6.07) is 4.53. The van der Waals surface area contributed by atoms with Gasteiger partial charge in [-0.3, -0.25) is 4.79 Å². The summed E-state index contributed by atoms with van der Waals surface area (Å²) < 4.78 is 31.7. The minimum Gasteiger partial charge on any atom is -0.383 e. The van der Waals surface area contributed by atoms with E-state index in [1.807, 2.05) is 0 Å². The monoisotopic (exact) mass is 357 g/mol. The fraction of sp³-hybridized carbons (Fsp3) is 0.562. The van der Waals surface area contributed by atoms with Gasteiger partial charge in [0.1, 0.15) is 0 Å². The maximum atomic E-state index is 12.3. The third-order valence-electron chi connectivity index (χ3n) is 3.38. The summed E-state index contributed by atoms with van der Waals surface area (Å²) in [7, 11) is -2.16. The Balaban J connectivity index is 2.76. The van der Waals surface area contributed by atoms with Gasteiger partial charge in [-0.15, -0.1) is 0 Å². The largest absolute Gasteiger partial charge is 0.383 e. The predicted molar refractivity (Wildman–Crippen MR) is 93.7 cm³/mol. The number of hydrogen-bond donors (Lipinski definition) is 3. The van der Waals surface area contributed by atoms with Crippen LogP contribution in [0.5, 0.6) is 0 Å². The zero-order valence-corrected chi connectivity index (χ0v) is 15.3. The fourth-order valence-corrected chi connectivity index (χ4v) is 3.07. The number of amides is 1. The van der Waals surface area contributed by atoms with Crippen molar-refractivity contribution in [2.75, 3.05) is 39.9 Å². The van der Waals surface area contributed by atoms with Gasteiger partial charge in [-0.25, -0.2) is 13.1 Å². The first-order valence-electron chi connectivity index (χ1n) is 8.00. The van der Waals surface area contributed by atoms with E-state index >= 15 is 0 Å². The lowest BCUT2D eigenvalue weighted by atomic mass is 10.1. The molecule has 1 rings (SSSR count). The van der Waals surface area contributed by atoms with Crippen LogP contribution in [-0.4, -0.2) is 54.2 Å². The molecule has 136 valence electrons. The summed E-state index contributed by atoms with van der Waals surface area (Å²) in [4.78, 5) is 12.3. The molecule has 0 aliphatic rings. The molecule has 24 heavy (non-hydrogen) atoms. The summed E-state index contributed by atoms with van der Waals surface area (Å²) in [6.45, 7) is 6.37. The number of nitrogens with one attached hydrogen (secondary N) is 3. The number of aryl methyl sites for hydroxylation is 1. The van der Waals surface area contributed by atoms with Crippen LogP contribution < -0.4 is 15.4 Å². The molecule has 0 aliphatic heterocycles. The topological polar surface area (TPSA) is 96.5 Å². The fourth-order valence-electron chi connectivity index (χ4n) is 2.04. The molecule has 0 aliphatic carbocycles. The molecule has 7 nitrogen and oxygen atoms in total. The van der Waals surface area contributed by atoms with Crippen molar-refractivity contribution < 1.29 is 17.9 Å². The molecule has 0 heterocycles. The van der Waals surface area contributed by atoms with Gasteiger partial charge in [-0.1, -0.05) is 13.0 Å². The molecule has 3 N–H and O–H groups in total. The van der Waals surface area contributed by atoms with Crippen LogP contribution in [0.15, 0.2) is 23.1 Å². The molecular weight excluding hydrogens is 330 g/mol. The first kappa shape index (κ1) is 20.6. The van der Waals surface area contributed by atoms with Gasteiger partial charge >= 0.3 is 0 Å². The van der Waals surface area contributed by atoms with E-state index in [2.05, 4.69) is 22.3 Å². The lowest BCUT2D eigenvalue weighted by molar-refractivity contribution is 0.0953. The molecule has 1 amide bonds. The first-order chi connectivity index (χ1) is 11.4. The highest BCUT2D eigenvalue weighted by Gasteiger charge is 2.17. The van der Waals surface area contributed by atoms with Crippen LogP contribution in [0.4, 0.5) is 0 Å². The van der Waals surface area contributed by atoms with Crippen molar-refractivity contribution in [3.05, 3.63) is 29.3 Å². The van der Waals surface area contributed by atoms with Crippen LogP contribution in [-0.2, 0) is 14.8 Å². The summed E-state index contributed by atoms with van der Waals surface area (Å²) in [5.74, 6) is -0.278. The van der Waals surface area contributed by atoms with Gasteiger partial charge in [0.2, 0.25) is 10.0 Å². The summed E-state index contributed by atoms with van der Waals surface area (Å²) in [5, 5.41) is 5.98. The van der Waals surface area contributed by atoms with E-state index in [-0.39, 0.29) is 24.0 Å². The van der Waals surface area contributed by atoms with Crippen LogP contribution >= 0.6 is 0 Å². The maximum absolute atomic E-state index is 12.3. The SMILES string of the molecule is CCCNCCNC(=O)c1cc(S(=O)(=O)NCCOC)ccc1C. The molecule has 0 spiro atoms. The standard InChI is InChI=1S/C16H27N3O4S/c1-4-7-17-8-9-18-16(20)15-12-14(6-5-13(15)2)24(21,22)19-10-11-23-3/h5-6,12,17,19H,4,7-11H2,1-3H3,(H,18,20). The molecule has 0 fully saturated rings. The van der Waals surface area contributed by atoms with E-state index in [0.717, 1.165) is 18.5 Å². The Kier molecular flexibility index (Phi) is 8.91. The third kappa shape index (κ3) is 6.56. The summed E-state index contributed by atoms with van der Waals surface area (Å²) in [6.07, 6.45) is 1.03. The zero-order valence-electron chi connectivity index (χ0n) is 14.5. The van der Waals surface area contributed by atoms with Crippen molar-refractivity contribution in [1.29, 1.82) is 0 Å². The van der Waals surface area contributed by atoms with Crippen LogP contribution in [0.25, 0.3) is 0 Å². The van der Waals surface area contributed by atoms with Crippen molar-refractivity contribution in [3.8, 4) is 0 Å². The number of carbonyl (C=O) groups excluding carboxylic acids is 1. The third-order valence-corrected chi connectivity index (χ3v) is 4.84. The highest BCUT2D eigenvalue weighted by molar-refractivity contribution is 7.89. The molecule has 0 radical (unpaired) electrons. The molecule has 0 unspecified atom stereocenters. The molecule has 1 aromatic carbocycles. The molecular formula is C16H27N3O4S. The van der Waals surface area contributed by atoms with Gasteiger partial charge in [0, 0.05) is 32.3 Å². The molecule has 0 saturated carbocycles. The quantitative estimate of drug-likeness (QED) is 0.505. The van der Waals surface area contributed by atoms with Gasteiger partial charge in [0.25, 0.3) is 5.91 Å². The van der Waals surface area contributed by atoms with Crippen molar-refractivity contribution in [2.45, 2.75) is 25.2 Å². The number of rotatable bonds is 11. The van der Waals surface area contributed by atoms with E-state index < -0.39 is 10.0 Å². The molecule has 0 saturated heterocycles. The number of ether oxygens (including phenoxy) is 1. The molecule has 8 heteroatoms. The van der Waals surface area contributed by atoms with Crippen molar-refractivity contribution in [1.82, 2.24) is 15.4 Å². The van der Waals surface area contributed by atoms with Crippen molar-refractivity contribution in [3.63, 3.8) is 0 Å². The number of benzene rings is 1.